The number of halogens is 4. The molecule has 3 aromatic rings. The molecule has 0 aliphatic heterocycles. The van der Waals surface area contributed by atoms with Crippen LogP contribution in [-0.4, -0.2) is 20.2 Å². The molecule has 1 N–H and O–H groups in total. The van der Waals surface area contributed by atoms with Crippen LogP contribution in [-0.2, 0) is 12.7 Å². The topological polar surface area (TPSA) is 55.6 Å². The van der Waals surface area contributed by atoms with E-state index in [9.17, 15) is 13.2 Å². The maximum absolute atomic E-state index is 12.9. The van der Waals surface area contributed by atoms with E-state index in [0.29, 0.717) is 5.82 Å². The molecule has 9 heteroatoms. The summed E-state index contributed by atoms with van der Waals surface area (Å²) in [4.78, 5) is 0. The van der Waals surface area contributed by atoms with Crippen LogP contribution in [0.3, 0.4) is 0 Å². The average molecular weight is 354 g/mol. The first-order valence-electron chi connectivity index (χ1n) is 6.88. The summed E-state index contributed by atoms with van der Waals surface area (Å²) in [7, 11) is 0. The number of anilines is 1. The van der Waals surface area contributed by atoms with Gasteiger partial charge in [0.1, 0.15) is 0 Å². The Morgan fingerprint density at radius 1 is 1.08 bits per heavy atom. The van der Waals surface area contributed by atoms with E-state index in [1.807, 2.05) is 30.3 Å². The monoisotopic (exact) mass is 353 g/mol. The molecule has 5 nitrogen and oxygen atoms in total. The van der Waals surface area contributed by atoms with Crippen LogP contribution in [0.4, 0.5) is 18.9 Å². The van der Waals surface area contributed by atoms with Gasteiger partial charge in [0, 0.05) is 5.69 Å². The van der Waals surface area contributed by atoms with E-state index in [1.54, 1.807) is 0 Å². The van der Waals surface area contributed by atoms with Crippen molar-refractivity contribution in [2.24, 2.45) is 0 Å². The van der Waals surface area contributed by atoms with Crippen LogP contribution in [0.2, 0.25) is 5.02 Å². The van der Waals surface area contributed by atoms with Gasteiger partial charge in [-0.15, -0.1) is 5.10 Å². The quantitative estimate of drug-likeness (QED) is 0.771. The molecular weight excluding hydrogens is 343 g/mol. The SMILES string of the molecule is FC(F)(F)c1cc(NCc2nnnn2-c2ccccc2)ccc1Cl. The maximum Gasteiger partial charge on any atom is 0.417 e. The van der Waals surface area contributed by atoms with Crippen LogP contribution < -0.4 is 5.32 Å². The number of benzene rings is 2. The first-order valence-corrected chi connectivity index (χ1v) is 7.26. The third-order valence-electron chi connectivity index (χ3n) is 3.26. The lowest BCUT2D eigenvalue weighted by Crippen LogP contribution is -2.10. The third kappa shape index (κ3) is 3.48. The minimum atomic E-state index is -4.51. The molecule has 3 rings (SSSR count). The molecule has 1 heterocycles. The predicted molar refractivity (Wildman–Crippen MR) is 82.9 cm³/mol. The molecule has 124 valence electrons. The van der Waals surface area contributed by atoms with Gasteiger partial charge in [-0.05, 0) is 40.8 Å². The third-order valence-corrected chi connectivity index (χ3v) is 3.59. The highest BCUT2D eigenvalue weighted by Crippen LogP contribution is 2.36. The highest BCUT2D eigenvalue weighted by Gasteiger charge is 2.33. The summed E-state index contributed by atoms with van der Waals surface area (Å²) < 4.78 is 40.1. The lowest BCUT2D eigenvalue weighted by molar-refractivity contribution is -0.137. The van der Waals surface area contributed by atoms with E-state index < -0.39 is 11.7 Å². The summed E-state index contributed by atoms with van der Waals surface area (Å²) in [6, 6.07) is 12.8. The van der Waals surface area contributed by atoms with Gasteiger partial charge in [-0.3, -0.25) is 0 Å². The molecule has 0 atom stereocenters. The lowest BCUT2D eigenvalue weighted by Gasteiger charge is -2.12. The summed E-state index contributed by atoms with van der Waals surface area (Å²) in [5.74, 6) is 0.463. The Hall–Kier alpha value is -2.61. The molecule has 0 bridgehead atoms. The van der Waals surface area contributed by atoms with Crippen LogP contribution >= 0.6 is 11.6 Å². The maximum atomic E-state index is 12.9. The Morgan fingerprint density at radius 3 is 2.54 bits per heavy atom. The Labute approximate surface area is 140 Å². The molecule has 0 radical (unpaired) electrons. The zero-order valence-corrected chi connectivity index (χ0v) is 12.9. The predicted octanol–water partition coefficient (Wildman–Crippen LogP) is 3.95. The van der Waals surface area contributed by atoms with Crippen molar-refractivity contribution in [3.05, 3.63) is 64.9 Å². The molecule has 1 aromatic heterocycles. The highest BCUT2D eigenvalue weighted by molar-refractivity contribution is 6.31. The number of para-hydroxylation sites is 1. The second kappa shape index (κ2) is 6.48. The molecule has 0 unspecified atom stereocenters. The molecular formula is C15H11ClF3N5. The highest BCUT2D eigenvalue weighted by atomic mass is 35.5. The molecule has 0 spiro atoms. The fraction of sp³-hybridized carbons (Fsp3) is 0.133. The summed E-state index contributed by atoms with van der Waals surface area (Å²) in [5.41, 5.74) is 0.137. The van der Waals surface area contributed by atoms with Crippen LogP contribution in [0.1, 0.15) is 11.4 Å². The minimum absolute atomic E-state index is 0.154. The van der Waals surface area contributed by atoms with Crippen molar-refractivity contribution in [2.75, 3.05) is 5.32 Å². The van der Waals surface area contributed by atoms with E-state index in [4.69, 9.17) is 11.6 Å². The number of alkyl halides is 3. The molecule has 0 amide bonds. The van der Waals surface area contributed by atoms with E-state index in [0.717, 1.165) is 11.8 Å². The van der Waals surface area contributed by atoms with Crippen LogP contribution in [0.5, 0.6) is 0 Å². The fourth-order valence-corrected chi connectivity index (χ4v) is 2.34. The van der Waals surface area contributed by atoms with E-state index in [-0.39, 0.29) is 17.3 Å². The molecule has 0 aliphatic rings. The number of rotatable bonds is 4. The van der Waals surface area contributed by atoms with Crippen LogP contribution in [0.15, 0.2) is 48.5 Å². The van der Waals surface area contributed by atoms with E-state index >= 15 is 0 Å². The first kappa shape index (κ1) is 16.3. The van der Waals surface area contributed by atoms with Gasteiger partial charge < -0.3 is 5.32 Å². The van der Waals surface area contributed by atoms with Crippen molar-refractivity contribution < 1.29 is 13.2 Å². The van der Waals surface area contributed by atoms with Gasteiger partial charge in [0.25, 0.3) is 0 Å². The van der Waals surface area contributed by atoms with Gasteiger partial charge in [-0.1, -0.05) is 29.8 Å². The Balaban J connectivity index is 1.79. The average Bonchev–Trinajstić information content (AvgIpc) is 3.02. The lowest BCUT2D eigenvalue weighted by atomic mass is 10.2. The molecule has 0 saturated heterocycles. The molecule has 0 fully saturated rings. The first-order chi connectivity index (χ1) is 11.4. The zero-order chi connectivity index (χ0) is 17.2. The fourth-order valence-electron chi connectivity index (χ4n) is 2.12. The number of hydrogen-bond acceptors (Lipinski definition) is 4. The Bertz CT molecular complexity index is 833. The van der Waals surface area contributed by atoms with Gasteiger partial charge in [-0.2, -0.15) is 17.9 Å². The van der Waals surface area contributed by atoms with E-state index in [2.05, 4.69) is 20.8 Å². The van der Waals surface area contributed by atoms with Gasteiger partial charge in [0.15, 0.2) is 5.82 Å². The number of hydrogen-bond donors (Lipinski definition) is 1. The van der Waals surface area contributed by atoms with Crippen molar-refractivity contribution >= 4 is 17.3 Å². The standard InChI is InChI=1S/C15H11ClF3N5/c16-13-7-6-10(8-12(13)15(17,18)19)20-9-14-21-22-23-24(14)11-4-2-1-3-5-11/h1-8,20H,9H2. The van der Waals surface area contributed by atoms with Gasteiger partial charge >= 0.3 is 6.18 Å². The van der Waals surface area contributed by atoms with Gasteiger partial charge in [0.2, 0.25) is 0 Å². The molecule has 0 aliphatic carbocycles. The molecule has 24 heavy (non-hydrogen) atoms. The van der Waals surface area contributed by atoms with Crippen molar-refractivity contribution in [3.8, 4) is 5.69 Å². The van der Waals surface area contributed by atoms with Crippen molar-refractivity contribution in [3.63, 3.8) is 0 Å². The molecule has 2 aromatic carbocycles. The van der Waals surface area contributed by atoms with Crippen LogP contribution in [0, 0.1) is 0 Å². The normalized spacial score (nSPS) is 11.5. The van der Waals surface area contributed by atoms with Crippen molar-refractivity contribution in [2.45, 2.75) is 12.7 Å². The number of nitrogens with one attached hydrogen (secondary N) is 1. The minimum Gasteiger partial charge on any atom is -0.378 e. The van der Waals surface area contributed by atoms with Crippen LogP contribution in [0.25, 0.3) is 5.69 Å². The number of tetrazole rings is 1. The van der Waals surface area contributed by atoms with Crippen molar-refractivity contribution in [1.29, 1.82) is 0 Å². The second-order valence-electron chi connectivity index (χ2n) is 4.89. The Morgan fingerprint density at radius 2 is 1.83 bits per heavy atom. The summed E-state index contributed by atoms with van der Waals surface area (Å²) in [6.07, 6.45) is -4.51. The number of nitrogens with zero attached hydrogens (tertiary/aromatic N) is 4. The zero-order valence-electron chi connectivity index (χ0n) is 12.1. The summed E-state index contributed by atoms with van der Waals surface area (Å²) in [6.45, 7) is 0.154. The van der Waals surface area contributed by atoms with Gasteiger partial charge in [-0.25, -0.2) is 0 Å². The van der Waals surface area contributed by atoms with Gasteiger partial charge in [0.05, 0.1) is 22.8 Å². The second-order valence-corrected chi connectivity index (χ2v) is 5.30. The smallest absolute Gasteiger partial charge is 0.378 e. The summed E-state index contributed by atoms with van der Waals surface area (Å²) >= 11 is 5.60. The largest absolute Gasteiger partial charge is 0.417 e. The number of aromatic nitrogens is 4. The Kier molecular flexibility index (Phi) is 4.39. The summed E-state index contributed by atoms with van der Waals surface area (Å²) in [5, 5.41) is 13.9. The van der Waals surface area contributed by atoms with Crippen molar-refractivity contribution in [1.82, 2.24) is 20.2 Å². The molecule has 0 saturated carbocycles. The van der Waals surface area contributed by atoms with E-state index in [1.165, 1.54) is 16.8 Å².